The first kappa shape index (κ1) is 18.8. The molecule has 1 amide bonds. The van der Waals surface area contributed by atoms with Gasteiger partial charge in [-0.1, -0.05) is 27.7 Å². The first-order chi connectivity index (χ1) is 13.5. The maximum atomic E-state index is 12.9. The third-order valence-electron chi connectivity index (χ3n) is 4.26. The summed E-state index contributed by atoms with van der Waals surface area (Å²) >= 11 is 4.82. The van der Waals surface area contributed by atoms with Crippen molar-refractivity contribution in [2.45, 2.75) is 17.3 Å². The molecular weight excluding hydrogens is 442 g/mol. The molecular formula is C20H16BrN3O3S. The van der Waals surface area contributed by atoms with Gasteiger partial charge in [0.1, 0.15) is 5.75 Å². The summed E-state index contributed by atoms with van der Waals surface area (Å²) in [7, 11) is 0. The summed E-state index contributed by atoms with van der Waals surface area (Å²) in [5, 5.41) is 3.11. The molecule has 0 fully saturated rings. The fraction of sp³-hybridized carbons (Fsp3) is 0.150. The summed E-state index contributed by atoms with van der Waals surface area (Å²) in [5.74, 6) is 0.302. The third kappa shape index (κ3) is 3.83. The lowest BCUT2D eigenvalue weighted by atomic mass is 10.1. The number of aromatic nitrogens is 2. The zero-order valence-corrected chi connectivity index (χ0v) is 17.3. The Morgan fingerprint density at radius 3 is 2.86 bits per heavy atom. The van der Waals surface area contributed by atoms with E-state index < -0.39 is 0 Å². The number of thioether (sulfide) groups is 1. The molecule has 28 heavy (non-hydrogen) atoms. The molecule has 8 heteroatoms. The van der Waals surface area contributed by atoms with E-state index in [0.717, 1.165) is 15.3 Å². The normalized spacial score (nSPS) is 14.0. The molecule has 1 aliphatic heterocycles. The van der Waals surface area contributed by atoms with Gasteiger partial charge in [0.05, 0.1) is 10.9 Å². The van der Waals surface area contributed by atoms with E-state index in [2.05, 4.69) is 26.2 Å². The van der Waals surface area contributed by atoms with Gasteiger partial charge in [0.25, 0.3) is 5.91 Å². The van der Waals surface area contributed by atoms with E-state index in [-0.39, 0.29) is 23.5 Å². The third-order valence-corrected chi connectivity index (χ3v) is 5.87. The van der Waals surface area contributed by atoms with Crippen molar-refractivity contribution in [2.75, 3.05) is 11.9 Å². The molecule has 0 aliphatic carbocycles. The number of nitrogens with one attached hydrogen (secondary N) is 1. The van der Waals surface area contributed by atoms with Crippen molar-refractivity contribution in [3.63, 3.8) is 0 Å². The molecule has 2 heterocycles. The first-order valence-corrected chi connectivity index (χ1v) is 10.3. The maximum absolute atomic E-state index is 12.9. The highest BCUT2D eigenvalue weighted by molar-refractivity contribution is 9.10. The largest absolute Gasteiger partial charge is 0.482 e. The Bertz CT molecular complexity index is 1050. The number of imidazole rings is 1. The molecule has 1 unspecified atom stereocenters. The standard InChI is InChI=1S/C20H16BrN3O3S/c1-12(19(26)13-2-7-17-16(10-13)23-18(25)11-27-17)28-20-22-8-9-24(20)15-5-3-14(21)4-6-15/h2-10,12H,11H2,1H3,(H,23,25). The second-order valence-corrected chi connectivity index (χ2v) is 8.45. The number of Topliss-reactive ketones (excluding diaryl/α,β-unsaturated/α-hetero) is 1. The maximum Gasteiger partial charge on any atom is 0.262 e. The summed E-state index contributed by atoms with van der Waals surface area (Å²) in [4.78, 5) is 28.8. The van der Waals surface area contributed by atoms with Crippen molar-refractivity contribution in [3.05, 3.63) is 64.9 Å². The van der Waals surface area contributed by atoms with Gasteiger partial charge in [-0.25, -0.2) is 4.98 Å². The highest BCUT2D eigenvalue weighted by Gasteiger charge is 2.22. The van der Waals surface area contributed by atoms with Crippen LogP contribution in [0.3, 0.4) is 0 Å². The topological polar surface area (TPSA) is 73.2 Å². The fourth-order valence-electron chi connectivity index (χ4n) is 2.86. The molecule has 1 N–H and O–H groups in total. The SMILES string of the molecule is CC(Sc1nccn1-c1ccc(Br)cc1)C(=O)c1ccc2c(c1)NC(=O)CO2. The Labute approximate surface area is 174 Å². The minimum Gasteiger partial charge on any atom is -0.482 e. The van der Waals surface area contributed by atoms with Crippen molar-refractivity contribution in [1.82, 2.24) is 9.55 Å². The van der Waals surface area contributed by atoms with E-state index >= 15 is 0 Å². The van der Waals surface area contributed by atoms with E-state index in [1.807, 2.05) is 42.0 Å². The molecule has 0 radical (unpaired) electrons. The predicted octanol–water partition coefficient (Wildman–Crippen LogP) is 4.33. The molecule has 0 bridgehead atoms. The van der Waals surface area contributed by atoms with Crippen LogP contribution in [0.1, 0.15) is 17.3 Å². The summed E-state index contributed by atoms with van der Waals surface area (Å²) in [6.45, 7) is 1.84. The first-order valence-electron chi connectivity index (χ1n) is 8.58. The number of anilines is 1. The molecule has 1 atom stereocenters. The lowest BCUT2D eigenvalue weighted by molar-refractivity contribution is -0.118. The Hall–Kier alpha value is -2.58. The molecule has 0 saturated heterocycles. The number of benzene rings is 2. The van der Waals surface area contributed by atoms with Gasteiger partial charge >= 0.3 is 0 Å². The van der Waals surface area contributed by atoms with Gasteiger partial charge in [-0.05, 0) is 49.4 Å². The number of halogens is 1. The molecule has 142 valence electrons. The monoisotopic (exact) mass is 457 g/mol. The molecule has 4 rings (SSSR count). The summed E-state index contributed by atoms with van der Waals surface area (Å²) in [6, 6.07) is 13.0. The highest BCUT2D eigenvalue weighted by Crippen LogP contribution is 2.31. The lowest BCUT2D eigenvalue weighted by Crippen LogP contribution is -2.25. The van der Waals surface area contributed by atoms with E-state index in [1.54, 1.807) is 24.4 Å². The van der Waals surface area contributed by atoms with Gasteiger partial charge in [0, 0.05) is 28.1 Å². The van der Waals surface area contributed by atoms with Crippen LogP contribution in [0.15, 0.2) is 64.5 Å². The number of fused-ring (bicyclic) bond motifs is 1. The van der Waals surface area contributed by atoms with Gasteiger partial charge < -0.3 is 10.1 Å². The Kier molecular flexibility index (Phi) is 5.23. The average molecular weight is 458 g/mol. The van der Waals surface area contributed by atoms with E-state index in [0.29, 0.717) is 17.0 Å². The number of hydrogen-bond donors (Lipinski definition) is 1. The van der Waals surface area contributed by atoms with Gasteiger partial charge in [-0.3, -0.25) is 14.2 Å². The number of ketones is 1. The van der Waals surface area contributed by atoms with Crippen LogP contribution in [-0.2, 0) is 4.79 Å². The quantitative estimate of drug-likeness (QED) is 0.455. The fourth-order valence-corrected chi connectivity index (χ4v) is 4.08. The number of nitrogens with zero attached hydrogens (tertiary/aromatic N) is 2. The number of hydrogen-bond acceptors (Lipinski definition) is 5. The zero-order valence-electron chi connectivity index (χ0n) is 14.9. The Morgan fingerprint density at radius 1 is 1.29 bits per heavy atom. The summed E-state index contributed by atoms with van der Waals surface area (Å²) in [6.07, 6.45) is 3.59. The van der Waals surface area contributed by atoms with Crippen LogP contribution < -0.4 is 10.1 Å². The predicted molar refractivity (Wildman–Crippen MR) is 111 cm³/mol. The Morgan fingerprint density at radius 2 is 2.07 bits per heavy atom. The van der Waals surface area contributed by atoms with Gasteiger partial charge in [0.15, 0.2) is 17.5 Å². The smallest absolute Gasteiger partial charge is 0.262 e. The zero-order chi connectivity index (χ0) is 19.7. The number of carbonyl (C=O) groups excluding carboxylic acids is 2. The minimum atomic E-state index is -0.352. The van der Waals surface area contributed by atoms with E-state index in [4.69, 9.17) is 4.74 Å². The van der Waals surface area contributed by atoms with Crippen LogP contribution in [-0.4, -0.2) is 33.1 Å². The van der Waals surface area contributed by atoms with E-state index in [9.17, 15) is 9.59 Å². The second-order valence-electron chi connectivity index (χ2n) is 6.23. The van der Waals surface area contributed by atoms with Gasteiger partial charge in [0.2, 0.25) is 0 Å². The van der Waals surface area contributed by atoms with Crippen LogP contribution in [0.2, 0.25) is 0 Å². The van der Waals surface area contributed by atoms with Gasteiger partial charge in [-0.2, -0.15) is 0 Å². The summed E-state index contributed by atoms with van der Waals surface area (Å²) < 4.78 is 8.29. The molecule has 0 saturated carbocycles. The molecule has 1 aliphatic rings. The van der Waals surface area contributed by atoms with Crippen LogP contribution in [0.5, 0.6) is 5.75 Å². The lowest BCUT2D eigenvalue weighted by Gasteiger charge is -2.19. The van der Waals surface area contributed by atoms with Gasteiger partial charge in [-0.15, -0.1) is 0 Å². The number of ether oxygens (including phenoxy) is 1. The molecule has 3 aromatic rings. The molecule has 2 aromatic carbocycles. The van der Waals surface area contributed by atoms with Crippen molar-refractivity contribution in [3.8, 4) is 11.4 Å². The average Bonchev–Trinajstić information content (AvgIpc) is 3.15. The Balaban J connectivity index is 1.53. The van der Waals surface area contributed by atoms with E-state index in [1.165, 1.54) is 11.8 Å². The molecule has 1 aromatic heterocycles. The van der Waals surface area contributed by atoms with Crippen LogP contribution in [0, 0.1) is 0 Å². The summed E-state index contributed by atoms with van der Waals surface area (Å²) in [5.41, 5.74) is 2.01. The van der Waals surface area contributed by atoms with Crippen molar-refractivity contribution < 1.29 is 14.3 Å². The van der Waals surface area contributed by atoms with Crippen molar-refractivity contribution in [2.24, 2.45) is 0 Å². The van der Waals surface area contributed by atoms with Crippen LogP contribution in [0.25, 0.3) is 5.69 Å². The number of rotatable bonds is 5. The molecule has 0 spiro atoms. The minimum absolute atomic E-state index is 0.00867. The second kappa shape index (κ2) is 7.81. The number of carbonyl (C=O) groups is 2. The van der Waals surface area contributed by atoms with Crippen molar-refractivity contribution in [1.29, 1.82) is 0 Å². The number of amides is 1. The van der Waals surface area contributed by atoms with Crippen LogP contribution >= 0.6 is 27.7 Å². The highest BCUT2D eigenvalue weighted by atomic mass is 79.9. The molecule has 6 nitrogen and oxygen atoms in total. The van der Waals surface area contributed by atoms with Crippen molar-refractivity contribution >= 4 is 45.1 Å². The van der Waals surface area contributed by atoms with Crippen LogP contribution in [0.4, 0.5) is 5.69 Å².